The van der Waals surface area contributed by atoms with Crippen molar-refractivity contribution in [3.63, 3.8) is 0 Å². The van der Waals surface area contributed by atoms with E-state index in [4.69, 9.17) is 4.74 Å². The number of hydrogen-bond donors (Lipinski definition) is 0. The summed E-state index contributed by atoms with van der Waals surface area (Å²) in [5.74, 6) is 0.157. The summed E-state index contributed by atoms with van der Waals surface area (Å²) in [5, 5.41) is 2.70. The zero-order valence-electron chi connectivity index (χ0n) is 11.1. The molecule has 0 amide bonds. The van der Waals surface area contributed by atoms with Crippen LogP contribution in [0.5, 0.6) is 5.75 Å². The van der Waals surface area contributed by atoms with Crippen molar-refractivity contribution in [3.05, 3.63) is 58.1 Å². The molecule has 0 unspecified atom stereocenters. The maximum absolute atomic E-state index is 14.1. The van der Waals surface area contributed by atoms with Crippen LogP contribution >= 0.6 is 27.3 Å². The van der Waals surface area contributed by atoms with Crippen molar-refractivity contribution in [1.82, 2.24) is 4.98 Å². The van der Waals surface area contributed by atoms with Crippen LogP contribution in [-0.4, -0.2) is 12.1 Å². The summed E-state index contributed by atoms with van der Waals surface area (Å²) in [6, 6.07) is 12.6. The molecule has 1 heterocycles. The summed E-state index contributed by atoms with van der Waals surface area (Å²) in [6.07, 6.45) is 0. The lowest BCUT2D eigenvalue weighted by atomic mass is 10.1. The van der Waals surface area contributed by atoms with Gasteiger partial charge in [0.05, 0.1) is 18.4 Å². The molecule has 3 rings (SSSR count). The van der Waals surface area contributed by atoms with E-state index in [0.717, 1.165) is 15.0 Å². The summed E-state index contributed by atoms with van der Waals surface area (Å²) in [7, 11) is 1.53. The van der Waals surface area contributed by atoms with Crippen LogP contribution in [0.4, 0.5) is 4.39 Å². The minimum Gasteiger partial charge on any atom is -0.496 e. The SMILES string of the molecule is COc1cccc(F)c1-c1csc(-c2ccc(Br)cc2)n1. The molecule has 0 atom stereocenters. The fraction of sp³-hybridized carbons (Fsp3) is 0.0625. The first kappa shape index (κ1) is 14.2. The Kier molecular flexibility index (Phi) is 4.03. The second-order valence-corrected chi connectivity index (χ2v) is 6.14. The van der Waals surface area contributed by atoms with E-state index in [9.17, 15) is 4.39 Å². The van der Waals surface area contributed by atoms with Crippen LogP contribution in [0.3, 0.4) is 0 Å². The number of nitrogens with zero attached hydrogens (tertiary/aromatic N) is 1. The molecule has 106 valence electrons. The number of methoxy groups -OCH3 is 1. The highest BCUT2D eigenvalue weighted by molar-refractivity contribution is 9.10. The Morgan fingerprint density at radius 2 is 1.90 bits per heavy atom. The van der Waals surface area contributed by atoms with E-state index in [1.165, 1.54) is 24.5 Å². The van der Waals surface area contributed by atoms with Gasteiger partial charge in [-0.25, -0.2) is 9.37 Å². The van der Waals surface area contributed by atoms with Gasteiger partial charge in [-0.3, -0.25) is 0 Å². The topological polar surface area (TPSA) is 22.1 Å². The van der Waals surface area contributed by atoms with Crippen molar-refractivity contribution >= 4 is 27.3 Å². The number of aromatic nitrogens is 1. The fourth-order valence-corrected chi connectivity index (χ4v) is 3.12. The summed E-state index contributed by atoms with van der Waals surface area (Å²) >= 11 is 4.89. The monoisotopic (exact) mass is 363 g/mol. The van der Waals surface area contributed by atoms with Gasteiger partial charge in [-0.1, -0.05) is 34.1 Å². The van der Waals surface area contributed by atoms with Crippen molar-refractivity contribution < 1.29 is 9.13 Å². The van der Waals surface area contributed by atoms with Gasteiger partial charge >= 0.3 is 0 Å². The second-order valence-electron chi connectivity index (χ2n) is 4.36. The average molecular weight is 364 g/mol. The molecule has 0 saturated heterocycles. The molecule has 2 nitrogen and oxygen atoms in total. The molecule has 0 fully saturated rings. The highest BCUT2D eigenvalue weighted by Crippen LogP contribution is 2.35. The molecule has 0 saturated carbocycles. The number of halogens is 2. The van der Waals surface area contributed by atoms with Gasteiger partial charge < -0.3 is 4.74 Å². The second kappa shape index (κ2) is 5.95. The molecule has 0 aliphatic carbocycles. The Balaban J connectivity index is 2.05. The smallest absolute Gasteiger partial charge is 0.136 e. The van der Waals surface area contributed by atoms with Crippen molar-refractivity contribution in [1.29, 1.82) is 0 Å². The standard InChI is InChI=1S/C16H11BrFNOS/c1-20-14-4-2-3-12(18)15(14)13-9-21-16(19-13)10-5-7-11(17)8-6-10/h2-9H,1H3. The Morgan fingerprint density at radius 3 is 2.62 bits per heavy atom. The quantitative estimate of drug-likeness (QED) is 0.622. The molecule has 0 N–H and O–H groups in total. The van der Waals surface area contributed by atoms with Gasteiger partial charge in [0.2, 0.25) is 0 Å². The average Bonchev–Trinajstić information content (AvgIpc) is 2.97. The third-order valence-corrected chi connectivity index (χ3v) is 4.47. The van der Waals surface area contributed by atoms with E-state index in [1.807, 2.05) is 29.6 Å². The van der Waals surface area contributed by atoms with Crippen LogP contribution in [0.25, 0.3) is 21.8 Å². The maximum Gasteiger partial charge on any atom is 0.136 e. The number of ether oxygens (including phenoxy) is 1. The van der Waals surface area contributed by atoms with Crippen molar-refractivity contribution in [2.75, 3.05) is 7.11 Å². The number of thiazole rings is 1. The lowest BCUT2D eigenvalue weighted by Gasteiger charge is -2.06. The number of rotatable bonds is 3. The van der Waals surface area contributed by atoms with Crippen LogP contribution < -0.4 is 4.74 Å². The maximum atomic E-state index is 14.1. The third-order valence-electron chi connectivity index (χ3n) is 3.05. The van der Waals surface area contributed by atoms with Gasteiger partial charge in [0.1, 0.15) is 16.6 Å². The van der Waals surface area contributed by atoms with Gasteiger partial charge in [0, 0.05) is 15.4 Å². The minimum absolute atomic E-state index is 0.331. The lowest BCUT2D eigenvalue weighted by Crippen LogP contribution is -1.91. The van der Waals surface area contributed by atoms with Crippen molar-refractivity contribution in [2.45, 2.75) is 0 Å². The molecule has 21 heavy (non-hydrogen) atoms. The van der Waals surface area contributed by atoms with Gasteiger partial charge in [0.15, 0.2) is 0 Å². The van der Waals surface area contributed by atoms with E-state index < -0.39 is 0 Å². The Labute approximate surface area is 134 Å². The predicted molar refractivity (Wildman–Crippen MR) is 87.2 cm³/mol. The highest BCUT2D eigenvalue weighted by Gasteiger charge is 2.15. The molecule has 3 aromatic rings. The molecular weight excluding hydrogens is 353 g/mol. The molecule has 1 aromatic heterocycles. The van der Waals surface area contributed by atoms with E-state index in [-0.39, 0.29) is 5.82 Å². The summed E-state index contributed by atoms with van der Waals surface area (Å²) in [6.45, 7) is 0. The summed E-state index contributed by atoms with van der Waals surface area (Å²) in [5.41, 5.74) is 2.00. The highest BCUT2D eigenvalue weighted by atomic mass is 79.9. The van der Waals surface area contributed by atoms with E-state index >= 15 is 0 Å². The number of hydrogen-bond acceptors (Lipinski definition) is 3. The van der Waals surface area contributed by atoms with Crippen molar-refractivity contribution in [3.8, 4) is 27.6 Å². The zero-order valence-corrected chi connectivity index (χ0v) is 13.5. The van der Waals surface area contributed by atoms with Gasteiger partial charge in [-0.15, -0.1) is 11.3 Å². The molecule has 0 bridgehead atoms. The molecule has 0 aliphatic rings. The van der Waals surface area contributed by atoms with Crippen LogP contribution in [0.1, 0.15) is 0 Å². The van der Waals surface area contributed by atoms with Crippen molar-refractivity contribution in [2.24, 2.45) is 0 Å². The molecular formula is C16H11BrFNOS. The first-order chi connectivity index (χ1) is 10.2. The fourth-order valence-electron chi connectivity index (χ4n) is 2.04. The molecule has 0 spiro atoms. The summed E-state index contributed by atoms with van der Waals surface area (Å²) < 4.78 is 20.3. The van der Waals surface area contributed by atoms with Gasteiger partial charge in [-0.05, 0) is 24.3 Å². The normalized spacial score (nSPS) is 10.6. The molecule has 0 radical (unpaired) electrons. The lowest BCUT2D eigenvalue weighted by molar-refractivity contribution is 0.413. The van der Waals surface area contributed by atoms with Crippen LogP contribution in [0, 0.1) is 5.82 Å². The Hall–Kier alpha value is -1.72. The Morgan fingerprint density at radius 1 is 1.14 bits per heavy atom. The first-order valence-corrected chi connectivity index (χ1v) is 7.90. The van der Waals surface area contributed by atoms with Crippen LogP contribution in [0.2, 0.25) is 0 Å². The summed E-state index contributed by atoms with van der Waals surface area (Å²) in [4.78, 5) is 4.53. The largest absolute Gasteiger partial charge is 0.496 e. The van der Waals surface area contributed by atoms with Gasteiger partial charge in [0.25, 0.3) is 0 Å². The molecule has 5 heteroatoms. The van der Waals surface area contributed by atoms with Gasteiger partial charge in [-0.2, -0.15) is 0 Å². The van der Waals surface area contributed by atoms with Crippen LogP contribution in [-0.2, 0) is 0 Å². The van der Waals surface area contributed by atoms with Crippen LogP contribution in [0.15, 0.2) is 52.3 Å². The Bertz CT molecular complexity index is 770. The van der Waals surface area contributed by atoms with E-state index in [1.54, 1.807) is 12.1 Å². The third kappa shape index (κ3) is 2.84. The van der Waals surface area contributed by atoms with E-state index in [0.29, 0.717) is 17.0 Å². The minimum atomic E-state index is -0.331. The first-order valence-electron chi connectivity index (χ1n) is 6.23. The number of benzene rings is 2. The predicted octanol–water partition coefficient (Wildman–Crippen LogP) is 5.39. The molecule has 0 aliphatic heterocycles. The van der Waals surface area contributed by atoms with E-state index in [2.05, 4.69) is 20.9 Å². The molecule has 2 aromatic carbocycles. The zero-order chi connectivity index (χ0) is 14.8.